The molecule has 0 unspecified atom stereocenters. The summed E-state index contributed by atoms with van der Waals surface area (Å²) in [6.07, 6.45) is 2.42. The Kier molecular flexibility index (Phi) is 8.39. The lowest BCUT2D eigenvalue weighted by Crippen LogP contribution is -2.45. The van der Waals surface area contributed by atoms with Gasteiger partial charge in [-0.2, -0.15) is 0 Å². The number of primary amides is 1. The first kappa shape index (κ1) is 21.0. The Morgan fingerprint density at radius 2 is 1.96 bits per heavy atom. The highest BCUT2D eigenvalue weighted by atomic mass is 16.5. The van der Waals surface area contributed by atoms with Crippen molar-refractivity contribution in [1.29, 1.82) is 0 Å². The summed E-state index contributed by atoms with van der Waals surface area (Å²) in [5, 5.41) is 2.94. The van der Waals surface area contributed by atoms with Crippen molar-refractivity contribution in [3.8, 4) is 11.5 Å². The number of benzene rings is 1. The van der Waals surface area contributed by atoms with Gasteiger partial charge in [0.25, 0.3) is 0 Å². The third-order valence-corrected chi connectivity index (χ3v) is 4.62. The molecule has 0 saturated carbocycles. The molecule has 7 heteroatoms. The Hall–Kier alpha value is -2.28. The highest BCUT2D eigenvalue weighted by molar-refractivity contribution is 5.79. The Balaban J connectivity index is 1.79. The molecule has 1 saturated heterocycles. The molecule has 0 aromatic heterocycles. The molecule has 1 atom stereocenters. The second kappa shape index (κ2) is 10.8. The van der Waals surface area contributed by atoms with E-state index in [0.717, 1.165) is 36.4 Å². The summed E-state index contributed by atoms with van der Waals surface area (Å²) < 4.78 is 11.2. The number of piperidine rings is 1. The number of rotatable bonds is 10. The van der Waals surface area contributed by atoms with Crippen molar-refractivity contribution < 1.29 is 19.1 Å². The molecule has 0 spiro atoms. The highest BCUT2D eigenvalue weighted by Crippen LogP contribution is 2.28. The monoisotopic (exact) mass is 377 g/mol. The predicted octanol–water partition coefficient (Wildman–Crippen LogP) is 1.34. The molecular formula is C20H31N3O4. The van der Waals surface area contributed by atoms with E-state index in [1.165, 1.54) is 0 Å². The quantitative estimate of drug-likeness (QED) is 0.642. The van der Waals surface area contributed by atoms with Crippen LogP contribution in [0.2, 0.25) is 0 Å². The Morgan fingerprint density at radius 3 is 2.67 bits per heavy atom. The maximum Gasteiger partial charge on any atom is 0.234 e. The van der Waals surface area contributed by atoms with Crippen LogP contribution in [-0.2, 0) is 16.0 Å². The number of carbonyl (C=O) groups is 2. The van der Waals surface area contributed by atoms with Gasteiger partial charge in [-0.25, -0.2) is 0 Å². The van der Waals surface area contributed by atoms with Gasteiger partial charge in [-0.15, -0.1) is 0 Å². The van der Waals surface area contributed by atoms with Gasteiger partial charge in [0.05, 0.1) is 25.7 Å². The standard InChI is InChI=1S/C20H31N3O4/c1-3-26-17-8-7-15(12-18(17)27-4-2)9-10-22-19(24)14-23-11-5-6-16(13-23)20(21)25/h7-8,12,16H,3-6,9-11,13-14H2,1-2H3,(H2,21,25)(H,22,24)/t16-/m1/s1. The SMILES string of the molecule is CCOc1ccc(CCNC(=O)CN2CCC[C@@H](C(N)=O)C2)cc1OCC. The number of nitrogens with two attached hydrogens (primary N) is 1. The minimum atomic E-state index is -0.277. The van der Waals surface area contributed by atoms with E-state index >= 15 is 0 Å². The summed E-state index contributed by atoms with van der Waals surface area (Å²) >= 11 is 0. The summed E-state index contributed by atoms with van der Waals surface area (Å²) in [4.78, 5) is 25.5. The van der Waals surface area contributed by atoms with E-state index in [1.807, 2.05) is 36.9 Å². The molecule has 1 aromatic carbocycles. The molecule has 1 aromatic rings. The average molecular weight is 377 g/mol. The predicted molar refractivity (Wildman–Crippen MR) is 104 cm³/mol. The van der Waals surface area contributed by atoms with Crippen LogP contribution in [0.25, 0.3) is 0 Å². The molecule has 1 heterocycles. The number of nitrogens with one attached hydrogen (secondary N) is 1. The van der Waals surface area contributed by atoms with E-state index in [2.05, 4.69) is 5.32 Å². The smallest absolute Gasteiger partial charge is 0.234 e. The van der Waals surface area contributed by atoms with Crippen LogP contribution in [0.5, 0.6) is 11.5 Å². The van der Waals surface area contributed by atoms with Crippen molar-refractivity contribution in [2.24, 2.45) is 11.7 Å². The van der Waals surface area contributed by atoms with E-state index in [-0.39, 0.29) is 17.7 Å². The Labute approximate surface area is 161 Å². The van der Waals surface area contributed by atoms with Crippen molar-refractivity contribution in [3.63, 3.8) is 0 Å². The number of amides is 2. The van der Waals surface area contributed by atoms with Crippen molar-refractivity contribution in [2.75, 3.05) is 39.4 Å². The molecule has 27 heavy (non-hydrogen) atoms. The van der Waals surface area contributed by atoms with Crippen molar-refractivity contribution >= 4 is 11.8 Å². The lowest BCUT2D eigenvalue weighted by Gasteiger charge is -2.30. The first-order valence-corrected chi connectivity index (χ1v) is 9.70. The Bertz CT molecular complexity index is 636. The number of likely N-dealkylation sites (tertiary alicyclic amines) is 1. The van der Waals surface area contributed by atoms with Gasteiger partial charge in [-0.05, 0) is 57.4 Å². The second-order valence-electron chi connectivity index (χ2n) is 6.72. The van der Waals surface area contributed by atoms with Crippen LogP contribution in [0.3, 0.4) is 0 Å². The lowest BCUT2D eigenvalue weighted by atomic mass is 9.97. The van der Waals surface area contributed by atoms with Crippen molar-refractivity contribution in [2.45, 2.75) is 33.1 Å². The zero-order chi connectivity index (χ0) is 19.6. The molecule has 1 fully saturated rings. The van der Waals surface area contributed by atoms with Gasteiger partial charge in [0.1, 0.15) is 0 Å². The topological polar surface area (TPSA) is 93.9 Å². The molecule has 1 aliphatic rings. The summed E-state index contributed by atoms with van der Waals surface area (Å²) in [5.74, 6) is 1.01. The third kappa shape index (κ3) is 6.75. The van der Waals surface area contributed by atoms with Crippen LogP contribution in [-0.4, -0.2) is 56.1 Å². The normalized spacial score (nSPS) is 17.3. The fourth-order valence-electron chi connectivity index (χ4n) is 3.29. The molecule has 3 N–H and O–H groups in total. The molecule has 2 amide bonds. The number of nitrogens with zero attached hydrogens (tertiary/aromatic N) is 1. The van der Waals surface area contributed by atoms with Crippen LogP contribution in [0.1, 0.15) is 32.3 Å². The average Bonchev–Trinajstić information content (AvgIpc) is 2.64. The minimum Gasteiger partial charge on any atom is -0.490 e. The molecular weight excluding hydrogens is 346 g/mol. The summed E-state index contributed by atoms with van der Waals surface area (Å²) in [6.45, 7) is 7.28. The molecule has 2 rings (SSSR count). The van der Waals surface area contributed by atoms with E-state index in [0.29, 0.717) is 39.3 Å². The summed E-state index contributed by atoms with van der Waals surface area (Å²) in [5.41, 5.74) is 6.46. The van der Waals surface area contributed by atoms with Crippen LogP contribution in [0, 0.1) is 5.92 Å². The van der Waals surface area contributed by atoms with Crippen LogP contribution < -0.4 is 20.5 Å². The van der Waals surface area contributed by atoms with Crippen LogP contribution in [0.15, 0.2) is 18.2 Å². The van der Waals surface area contributed by atoms with Crippen LogP contribution in [0.4, 0.5) is 0 Å². The Morgan fingerprint density at radius 1 is 1.22 bits per heavy atom. The van der Waals surface area contributed by atoms with Gasteiger partial charge < -0.3 is 20.5 Å². The van der Waals surface area contributed by atoms with Gasteiger partial charge in [-0.3, -0.25) is 14.5 Å². The second-order valence-corrected chi connectivity index (χ2v) is 6.72. The number of hydrogen-bond donors (Lipinski definition) is 2. The van der Waals surface area contributed by atoms with Gasteiger partial charge in [0, 0.05) is 13.1 Å². The zero-order valence-corrected chi connectivity index (χ0v) is 16.3. The number of carbonyl (C=O) groups excluding carboxylic acids is 2. The first-order valence-electron chi connectivity index (χ1n) is 9.70. The minimum absolute atomic E-state index is 0.0314. The summed E-state index contributed by atoms with van der Waals surface area (Å²) in [6, 6.07) is 5.86. The van der Waals surface area contributed by atoms with Gasteiger partial charge >= 0.3 is 0 Å². The lowest BCUT2D eigenvalue weighted by molar-refractivity contribution is -0.126. The molecule has 7 nitrogen and oxygen atoms in total. The third-order valence-electron chi connectivity index (χ3n) is 4.62. The molecule has 0 aliphatic carbocycles. The van der Waals surface area contributed by atoms with E-state index in [4.69, 9.17) is 15.2 Å². The largest absolute Gasteiger partial charge is 0.490 e. The fraction of sp³-hybridized carbons (Fsp3) is 0.600. The van der Waals surface area contributed by atoms with E-state index in [1.54, 1.807) is 0 Å². The van der Waals surface area contributed by atoms with Gasteiger partial charge in [0.2, 0.25) is 11.8 Å². The van der Waals surface area contributed by atoms with Crippen molar-refractivity contribution in [3.05, 3.63) is 23.8 Å². The fourth-order valence-corrected chi connectivity index (χ4v) is 3.29. The molecule has 0 bridgehead atoms. The maximum absolute atomic E-state index is 12.2. The molecule has 0 radical (unpaired) electrons. The van der Waals surface area contributed by atoms with E-state index in [9.17, 15) is 9.59 Å². The first-order chi connectivity index (χ1) is 13.0. The highest BCUT2D eigenvalue weighted by Gasteiger charge is 2.24. The number of hydrogen-bond acceptors (Lipinski definition) is 5. The van der Waals surface area contributed by atoms with E-state index < -0.39 is 0 Å². The number of ether oxygens (including phenoxy) is 2. The van der Waals surface area contributed by atoms with Crippen LogP contribution >= 0.6 is 0 Å². The maximum atomic E-state index is 12.2. The molecule has 1 aliphatic heterocycles. The zero-order valence-electron chi connectivity index (χ0n) is 16.3. The summed E-state index contributed by atoms with van der Waals surface area (Å²) in [7, 11) is 0. The van der Waals surface area contributed by atoms with Crippen molar-refractivity contribution in [1.82, 2.24) is 10.2 Å². The van der Waals surface area contributed by atoms with Gasteiger partial charge in [-0.1, -0.05) is 6.07 Å². The molecule has 150 valence electrons. The van der Waals surface area contributed by atoms with Gasteiger partial charge in [0.15, 0.2) is 11.5 Å².